The second-order valence-electron chi connectivity index (χ2n) is 10.1. The van der Waals surface area contributed by atoms with Crippen LogP contribution in [0.4, 0.5) is 5.69 Å². The predicted octanol–water partition coefficient (Wildman–Crippen LogP) is 4.84. The molecule has 4 aromatic rings. The Morgan fingerprint density at radius 3 is 2.40 bits per heavy atom. The van der Waals surface area contributed by atoms with Crippen LogP contribution in [-0.4, -0.2) is 30.2 Å². The molecule has 0 bridgehead atoms. The number of hydrogen-bond acceptors (Lipinski definition) is 6. The number of thiazole rings is 1. The van der Waals surface area contributed by atoms with Crippen LogP contribution in [0.15, 0.2) is 94.2 Å². The Balaban J connectivity index is 1.55. The summed E-state index contributed by atoms with van der Waals surface area (Å²) in [5.41, 5.74) is 5.70. The molecule has 7 heteroatoms. The lowest BCUT2D eigenvalue weighted by Crippen LogP contribution is -2.40. The highest BCUT2D eigenvalue weighted by atomic mass is 32.1. The number of aryl methyl sites for hydroxylation is 1. The van der Waals surface area contributed by atoms with Gasteiger partial charge in [-0.3, -0.25) is 9.36 Å². The number of aromatic nitrogens is 1. The molecule has 2 aliphatic rings. The zero-order valence-electron chi connectivity index (χ0n) is 22.7. The fourth-order valence-electron chi connectivity index (χ4n) is 5.53. The fraction of sp³-hybridized carbons (Fsp3) is 0.242. The molecule has 0 radical (unpaired) electrons. The fourth-order valence-corrected chi connectivity index (χ4v) is 6.52. The van der Waals surface area contributed by atoms with E-state index in [9.17, 15) is 9.59 Å². The topological polar surface area (TPSA) is 63.9 Å². The number of carbonyl (C=O) groups excluding carboxylic acids is 1. The Labute approximate surface area is 237 Å². The summed E-state index contributed by atoms with van der Waals surface area (Å²) in [6.45, 7) is 6.27. The van der Waals surface area contributed by atoms with E-state index in [-0.39, 0.29) is 12.2 Å². The molecule has 40 heavy (non-hydrogen) atoms. The molecule has 1 fully saturated rings. The molecular weight excluding hydrogens is 518 g/mol. The van der Waals surface area contributed by atoms with Gasteiger partial charge in [0.1, 0.15) is 0 Å². The van der Waals surface area contributed by atoms with Gasteiger partial charge in [-0.15, -0.1) is 0 Å². The van der Waals surface area contributed by atoms with Crippen LogP contribution in [0.3, 0.4) is 0 Å². The highest BCUT2D eigenvalue weighted by molar-refractivity contribution is 7.07. The van der Waals surface area contributed by atoms with Crippen LogP contribution < -0.4 is 19.8 Å². The van der Waals surface area contributed by atoms with Gasteiger partial charge in [-0.05, 0) is 61.6 Å². The van der Waals surface area contributed by atoms with Crippen LogP contribution >= 0.6 is 11.3 Å². The molecule has 0 N–H and O–H groups in total. The van der Waals surface area contributed by atoms with Crippen molar-refractivity contribution in [1.29, 1.82) is 0 Å². The maximum absolute atomic E-state index is 14.1. The summed E-state index contributed by atoms with van der Waals surface area (Å²) in [6.07, 6.45) is 4.40. The third kappa shape index (κ3) is 4.82. The lowest BCUT2D eigenvalue weighted by Gasteiger charge is -2.25. The molecule has 0 saturated carbocycles. The van der Waals surface area contributed by atoms with Gasteiger partial charge < -0.3 is 9.64 Å². The predicted molar refractivity (Wildman–Crippen MR) is 160 cm³/mol. The molecule has 0 spiro atoms. The second kappa shape index (κ2) is 11.1. The molecule has 3 heterocycles. The van der Waals surface area contributed by atoms with Crippen molar-refractivity contribution < 1.29 is 9.53 Å². The summed E-state index contributed by atoms with van der Waals surface area (Å²) < 4.78 is 7.76. The average Bonchev–Trinajstić information content (AvgIpc) is 3.63. The minimum atomic E-state index is -0.660. The van der Waals surface area contributed by atoms with Crippen LogP contribution in [0.25, 0.3) is 11.8 Å². The first kappa shape index (κ1) is 26.0. The molecule has 0 unspecified atom stereocenters. The maximum atomic E-state index is 14.1. The largest absolute Gasteiger partial charge is 0.463 e. The number of anilines is 1. The van der Waals surface area contributed by atoms with Crippen LogP contribution in [0, 0.1) is 6.92 Å². The van der Waals surface area contributed by atoms with Gasteiger partial charge in [-0.25, -0.2) is 9.79 Å². The molecule has 0 aliphatic carbocycles. The van der Waals surface area contributed by atoms with E-state index in [1.807, 2.05) is 66.7 Å². The smallest absolute Gasteiger partial charge is 0.338 e. The number of rotatable bonds is 6. The number of hydrogen-bond donors (Lipinski definition) is 0. The Morgan fingerprint density at radius 1 is 1.02 bits per heavy atom. The second-order valence-corrected chi connectivity index (χ2v) is 11.1. The number of benzene rings is 3. The van der Waals surface area contributed by atoms with Crippen molar-refractivity contribution in [3.8, 4) is 0 Å². The van der Waals surface area contributed by atoms with Crippen LogP contribution in [0.2, 0.25) is 0 Å². The summed E-state index contributed by atoms with van der Waals surface area (Å²) in [7, 11) is 0. The molecule has 1 saturated heterocycles. The first-order valence-corrected chi connectivity index (χ1v) is 14.6. The van der Waals surface area contributed by atoms with E-state index < -0.39 is 12.0 Å². The normalized spacial score (nSPS) is 17.1. The van der Waals surface area contributed by atoms with Gasteiger partial charge in [-0.2, -0.15) is 0 Å². The molecule has 2 aliphatic heterocycles. The number of fused-ring (bicyclic) bond motifs is 1. The molecule has 1 atom stereocenters. The summed E-state index contributed by atoms with van der Waals surface area (Å²) >= 11 is 1.35. The highest BCUT2D eigenvalue weighted by Crippen LogP contribution is 2.35. The number of ether oxygens (including phenoxy) is 1. The van der Waals surface area contributed by atoms with E-state index in [1.54, 1.807) is 11.5 Å². The van der Waals surface area contributed by atoms with Crippen molar-refractivity contribution in [1.82, 2.24) is 4.57 Å². The Kier molecular flexibility index (Phi) is 7.22. The standard InChI is InChI=1S/C33H31N3O3S/c1-3-39-32(38)28-29(23-12-6-4-7-13-23)34-33-36(30(28)24-14-8-5-9-15-24)31(37)27(40-33)21-25-16-17-26(20-22(25)2)35-18-10-11-19-35/h4-9,12-17,20-21,30H,3,10-11,18-19H2,1-2H3/b27-21+/t30-/m1/s1. The summed E-state index contributed by atoms with van der Waals surface area (Å²) in [5, 5.41) is 0. The van der Waals surface area contributed by atoms with Gasteiger partial charge >= 0.3 is 5.97 Å². The number of esters is 1. The van der Waals surface area contributed by atoms with E-state index in [2.05, 4.69) is 30.0 Å². The quantitative estimate of drug-likeness (QED) is 0.323. The molecule has 3 aromatic carbocycles. The monoisotopic (exact) mass is 549 g/mol. The maximum Gasteiger partial charge on any atom is 0.338 e. The highest BCUT2D eigenvalue weighted by Gasteiger charge is 2.35. The first-order valence-electron chi connectivity index (χ1n) is 13.7. The van der Waals surface area contributed by atoms with Gasteiger partial charge in [0, 0.05) is 24.3 Å². The molecular formula is C33H31N3O3S. The van der Waals surface area contributed by atoms with Crippen molar-refractivity contribution in [3.05, 3.63) is 126 Å². The van der Waals surface area contributed by atoms with E-state index in [4.69, 9.17) is 9.73 Å². The minimum absolute atomic E-state index is 0.172. The van der Waals surface area contributed by atoms with Gasteiger partial charge in [0.15, 0.2) is 4.80 Å². The van der Waals surface area contributed by atoms with Crippen molar-refractivity contribution in [3.63, 3.8) is 0 Å². The third-order valence-electron chi connectivity index (χ3n) is 7.50. The minimum Gasteiger partial charge on any atom is -0.463 e. The van der Waals surface area contributed by atoms with Gasteiger partial charge in [-0.1, -0.05) is 78.1 Å². The average molecular weight is 550 g/mol. The Hall–Kier alpha value is -4.23. The number of carbonyl (C=O) groups is 1. The lowest BCUT2D eigenvalue weighted by molar-refractivity contribution is -0.138. The first-order chi connectivity index (χ1) is 19.5. The SMILES string of the molecule is CCOC(=O)C1=C(c2ccccc2)N=c2s/c(=C/c3ccc(N4CCCC4)cc3C)c(=O)n2[C@@H]1c1ccccc1. The molecule has 6 rings (SSSR count). The summed E-state index contributed by atoms with van der Waals surface area (Å²) in [4.78, 5) is 35.5. The van der Waals surface area contributed by atoms with Crippen molar-refractivity contribution in [2.24, 2.45) is 4.99 Å². The van der Waals surface area contributed by atoms with Crippen molar-refractivity contribution in [2.75, 3.05) is 24.6 Å². The molecule has 1 aromatic heterocycles. The van der Waals surface area contributed by atoms with Gasteiger partial charge in [0.05, 0.1) is 28.5 Å². The van der Waals surface area contributed by atoms with Crippen LogP contribution in [-0.2, 0) is 9.53 Å². The number of nitrogens with zero attached hydrogens (tertiary/aromatic N) is 3. The lowest BCUT2D eigenvalue weighted by atomic mass is 9.93. The Morgan fingerprint density at radius 2 is 1.73 bits per heavy atom. The van der Waals surface area contributed by atoms with Gasteiger partial charge in [0.2, 0.25) is 0 Å². The molecule has 6 nitrogen and oxygen atoms in total. The van der Waals surface area contributed by atoms with E-state index >= 15 is 0 Å². The van der Waals surface area contributed by atoms with E-state index in [0.29, 0.717) is 20.6 Å². The van der Waals surface area contributed by atoms with E-state index in [0.717, 1.165) is 35.3 Å². The molecule has 0 amide bonds. The van der Waals surface area contributed by atoms with Crippen molar-refractivity contribution in [2.45, 2.75) is 32.7 Å². The van der Waals surface area contributed by atoms with Gasteiger partial charge in [0.25, 0.3) is 5.56 Å². The summed E-state index contributed by atoms with van der Waals surface area (Å²) in [5.74, 6) is -0.471. The zero-order valence-corrected chi connectivity index (χ0v) is 23.5. The van der Waals surface area contributed by atoms with E-state index in [1.165, 1.54) is 29.9 Å². The zero-order chi connectivity index (χ0) is 27.6. The third-order valence-corrected chi connectivity index (χ3v) is 8.48. The molecule has 202 valence electrons. The van der Waals surface area contributed by atoms with Crippen LogP contribution in [0.1, 0.15) is 48.1 Å². The van der Waals surface area contributed by atoms with Crippen LogP contribution in [0.5, 0.6) is 0 Å². The van der Waals surface area contributed by atoms with Crippen molar-refractivity contribution >= 4 is 34.8 Å². The summed E-state index contributed by atoms with van der Waals surface area (Å²) in [6, 6.07) is 25.0. The Bertz CT molecular complexity index is 1770.